The molecule has 4 aliphatic rings. The minimum atomic E-state index is -0.229. The van der Waals surface area contributed by atoms with Crippen LogP contribution in [0.25, 0.3) is 0 Å². The normalized spacial score (nSPS) is 47.9. The van der Waals surface area contributed by atoms with Crippen LogP contribution in [0.3, 0.4) is 0 Å². The van der Waals surface area contributed by atoms with Crippen molar-refractivity contribution in [2.24, 2.45) is 34.3 Å². The molecule has 4 rings (SSSR count). The van der Waals surface area contributed by atoms with Crippen molar-refractivity contribution in [2.75, 3.05) is 0 Å². The van der Waals surface area contributed by atoms with Gasteiger partial charge in [-0.15, -0.1) is 0 Å². The first-order chi connectivity index (χ1) is 11.8. The molecule has 0 aromatic rings. The van der Waals surface area contributed by atoms with Crippen LogP contribution < -0.4 is 5.73 Å². The molecule has 0 bridgehead atoms. The van der Waals surface area contributed by atoms with E-state index in [4.69, 9.17) is 10.5 Å². The third-order valence-corrected chi connectivity index (χ3v) is 7.75. The Labute approximate surface area is 149 Å². The van der Waals surface area contributed by atoms with Crippen molar-refractivity contribution in [2.45, 2.75) is 58.6 Å². The van der Waals surface area contributed by atoms with E-state index in [2.05, 4.69) is 26.0 Å². The Morgan fingerprint density at radius 3 is 2.84 bits per heavy atom. The third-order valence-electron chi connectivity index (χ3n) is 7.75. The molecule has 0 saturated heterocycles. The maximum atomic E-state index is 11.5. The van der Waals surface area contributed by atoms with E-state index in [0.717, 1.165) is 25.7 Å². The summed E-state index contributed by atoms with van der Waals surface area (Å²) >= 11 is 0. The predicted molar refractivity (Wildman–Crippen MR) is 96.6 cm³/mol. The molecule has 25 heavy (non-hydrogen) atoms. The second-order valence-corrected chi connectivity index (χ2v) is 8.91. The number of allylic oxidation sites excluding steroid dienone is 5. The largest absolute Gasteiger partial charge is 0.508 e. The second kappa shape index (κ2) is 5.47. The number of carbonyl (C=O) groups is 1. The van der Waals surface area contributed by atoms with Gasteiger partial charge in [0.1, 0.15) is 11.9 Å². The summed E-state index contributed by atoms with van der Waals surface area (Å²) in [5.41, 5.74) is 7.85. The van der Waals surface area contributed by atoms with Gasteiger partial charge in [-0.05, 0) is 66.6 Å². The van der Waals surface area contributed by atoms with Gasteiger partial charge in [0.2, 0.25) is 0 Å². The van der Waals surface area contributed by atoms with E-state index in [-0.39, 0.29) is 28.9 Å². The summed E-state index contributed by atoms with van der Waals surface area (Å²) in [5.74, 6) is 1.70. The quantitative estimate of drug-likeness (QED) is 0.713. The van der Waals surface area contributed by atoms with Crippen molar-refractivity contribution in [3.05, 3.63) is 35.6 Å². The third kappa shape index (κ3) is 2.33. The molecule has 0 aliphatic heterocycles. The lowest BCUT2D eigenvalue weighted by Gasteiger charge is -2.55. The average molecular weight is 343 g/mol. The molecule has 0 unspecified atom stereocenters. The Kier molecular flexibility index (Phi) is 3.70. The Hall–Kier alpha value is -1.55. The number of hydrogen-bond donors (Lipinski definition) is 2. The first kappa shape index (κ1) is 16.9. The second-order valence-electron chi connectivity index (χ2n) is 8.91. The molecular formula is C21H29NO3. The molecule has 0 aromatic heterocycles. The van der Waals surface area contributed by atoms with Crippen molar-refractivity contribution in [1.29, 1.82) is 0 Å². The highest BCUT2D eigenvalue weighted by Crippen LogP contribution is 2.63. The Balaban J connectivity index is 1.67. The van der Waals surface area contributed by atoms with E-state index in [1.165, 1.54) is 12.5 Å². The van der Waals surface area contributed by atoms with Crippen LogP contribution in [0.4, 0.5) is 0 Å². The molecule has 136 valence electrons. The van der Waals surface area contributed by atoms with Crippen LogP contribution in [-0.2, 0) is 9.53 Å². The van der Waals surface area contributed by atoms with E-state index >= 15 is 0 Å². The van der Waals surface area contributed by atoms with Crippen molar-refractivity contribution < 1.29 is 14.6 Å². The number of nitrogens with two attached hydrogens (primary N) is 1. The summed E-state index contributed by atoms with van der Waals surface area (Å²) in [6.07, 6.45) is 12.2. The lowest BCUT2D eigenvalue weighted by Crippen LogP contribution is -2.52. The number of aliphatic hydroxyl groups excluding tert-OH is 1. The van der Waals surface area contributed by atoms with Crippen molar-refractivity contribution in [3.63, 3.8) is 0 Å². The summed E-state index contributed by atoms with van der Waals surface area (Å²) in [6.45, 7) is 6.07. The molecule has 2 saturated carbocycles. The van der Waals surface area contributed by atoms with E-state index in [1.54, 1.807) is 0 Å². The topological polar surface area (TPSA) is 72.5 Å². The lowest BCUT2D eigenvalue weighted by atomic mass is 9.49. The van der Waals surface area contributed by atoms with E-state index in [0.29, 0.717) is 23.5 Å². The van der Waals surface area contributed by atoms with Gasteiger partial charge < -0.3 is 15.6 Å². The van der Waals surface area contributed by atoms with Crippen LogP contribution >= 0.6 is 0 Å². The van der Waals surface area contributed by atoms with Gasteiger partial charge in [-0.1, -0.05) is 26.0 Å². The van der Waals surface area contributed by atoms with Crippen LogP contribution in [0, 0.1) is 28.6 Å². The highest BCUT2D eigenvalue weighted by molar-refractivity contribution is 5.66. The summed E-state index contributed by atoms with van der Waals surface area (Å²) in [6, 6.07) is -0.0774. The van der Waals surface area contributed by atoms with Gasteiger partial charge in [0, 0.05) is 18.4 Å². The Morgan fingerprint density at radius 2 is 2.12 bits per heavy atom. The van der Waals surface area contributed by atoms with Gasteiger partial charge in [-0.3, -0.25) is 4.79 Å². The molecule has 0 aromatic carbocycles. The maximum Gasteiger partial charge on any atom is 0.302 e. The number of carbonyl (C=O) groups excluding carboxylic acids is 1. The van der Waals surface area contributed by atoms with Crippen LogP contribution in [0.2, 0.25) is 0 Å². The van der Waals surface area contributed by atoms with E-state index in [9.17, 15) is 9.90 Å². The number of hydrogen-bond acceptors (Lipinski definition) is 4. The molecule has 3 N–H and O–H groups in total. The number of ether oxygens (including phenoxy) is 1. The fourth-order valence-electron chi connectivity index (χ4n) is 6.32. The van der Waals surface area contributed by atoms with Gasteiger partial charge in [0.05, 0.1) is 0 Å². The molecule has 0 radical (unpaired) electrons. The van der Waals surface area contributed by atoms with Gasteiger partial charge in [0.25, 0.3) is 0 Å². The van der Waals surface area contributed by atoms with Crippen LogP contribution in [0.15, 0.2) is 35.6 Å². The zero-order chi connectivity index (χ0) is 18.0. The van der Waals surface area contributed by atoms with Crippen LogP contribution in [0.5, 0.6) is 0 Å². The number of aliphatic hydroxyl groups is 1. The predicted octanol–water partition coefficient (Wildman–Crippen LogP) is 3.65. The molecule has 2 fully saturated rings. The number of rotatable bonds is 1. The fraction of sp³-hybridized carbons (Fsp3) is 0.667. The minimum Gasteiger partial charge on any atom is -0.508 e. The van der Waals surface area contributed by atoms with Crippen molar-refractivity contribution in [3.8, 4) is 0 Å². The molecule has 0 heterocycles. The monoisotopic (exact) mass is 343 g/mol. The standard InChI is InChI=1S/C21H29NO3/c1-12(23)25-18-11-17-15-5-4-13-10-14(24)6-8-20(13,2)16(15)7-9-21(17,3)19(18)22/h4,6,8,10,15-19,24H,5,7,9,11,22H2,1-3H3/t15-,16+,17+,18-,19+,20+,21+/m1/s1. The SMILES string of the molecule is CC(=O)O[C@@H]1C[C@H]2[C@@H]3CC=C4C=C(O)C=C[C@]4(C)[C@H]3CC[C@]2(C)[C@H]1N. The van der Waals surface area contributed by atoms with E-state index in [1.807, 2.05) is 12.2 Å². The fourth-order valence-corrected chi connectivity index (χ4v) is 6.32. The summed E-state index contributed by atoms with van der Waals surface area (Å²) in [5, 5.41) is 9.87. The molecule has 7 atom stereocenters. The first-order valence-electron chi connectivity index (χ1n) is 9.49. The molecule has 0 spiro atoms. The van der Waals surface area contributed by atoms with Crippen molar-refractivity contribution in [1.82, 2.24) is 0 Å². The highest BCUT2D eigenvalue weighted by atomic mass is 16.5. The molecular weight excluding hydrogens is 314 g/mol. The zero-order valence-corrected chi connectivity index (χ0v) is 15.4. The van der Waals surface area contributed by atoms with Gasteiger partial charge in [-0.25, -0.2) is 0 Å². The molecule has 4 nitrogen and oxygen atoms in total. The van der Waals surface area contributed by atoms with Crippen molar-refractivity contribution >= 4 is 5.97 Å². The summed E-state index contributed by atoms with van der Waals surface area (Å²) in [7, 11) is 0. The Bertz CT molecular complexity index is 693. The molecule has 0 amide bonds. The first-order valence-corrected chi connectivity index (χ1v) is 9.49. The van der Waals surface area contributed by atoms with Gasteiger partial charge >= 0.3 is 5.97 Å². The average Bonchev–Trinajstić information content (AvgIpc) is 2.79. The number of esters is 1. The summed E-state index contributed by atoms with van der Waals surface area (Å²) in [4.78, 5) is 11.5. The zero-order valence-electron chi connectivity index (χ0n) is 15.4. The highest BCUT2D eigenvalue weighted by Gasteiger charge is 2.60. The molecule has 4 aliphatic carbocycles. The van der Waals surface area contributed by atoms with Gasteiger partial charge in [0.15, 0.2) is 0 Å². The summed E-state index contributed by atoms with van der Waals surface area (Å²) < 4.78 is 5.57. The number of fused-ring (bicyclic) bond motifs is 5. The maximum absolute atomic E-state index is 11.5. The minimum absolute atomic E-state index is 0.0138. The molecule has 4 heteroatoms. The smallest absolute Gasteiger partial charge is 0.302 e. The van der Waals surface area contributed by atoms with Crippen LogP contribution in [-0.4, -0.2) is 23.2 Å². The lowest BCUT2D eigenvalue weighted by molar-refractivity contribution is -0.147. The Morgan fingerprint density at radius 1 is 1.36 bits per heavy atom. The van der Waals surface area contributed by atoms with E-state index < -0.39 is 0 Å². The van der Waals surface area contributed by atoms with Crippen LogP contribution in [0.1, 0.15) is 46.5 Å². The van der Waals surface area contributed by atoms with Gasteiger partial charge in [-0.2, -0.15) is 0 Å².